The SMILES string of the molecule is C[C@H]1C[NH+]([C@@H](C)C(=O)NCCN2C(=O)CSC2=O)C[C@H](C)O1. The fourth-order valence-corrected chi connectivity index (χ4v) is 3.65. The van der Waals surface area contributed by atoms with Gasteiger partial charge in [0.25, 0.3) is 11.1 Å². The Morgan fingerprint density at radius 3 is 2.59 bits per heavy atom. The van der Waals surface area contributed by atoms with Crippen molar-refractivity contribution in [2.24, 2.45) is 0 Å². The number of nitrogens with one attached hydrogen (secondary N) is 2. The number of morpholine rings is 1. The highest BCUT2D eigenvalue weighted by molar-refractivity contribution is 8.14. The lowest BCUT2D eigenvalue weighted by Crippen LogP contribution is -3.19. The van der Waals surface area contributed by atoms with Crippen LogP contribution in [0.1, 0.15) is 20.8 Å². The van der Waals surface area contributed by atoms with Crippen LogP contribution in [0.5, 0.6) is 0 Å². The summed E-state index contributed by atoms with van der Waals surface area (Å²) in [6, 6.07) is -0.173. The van der Waals surface area contributed by atoms with Gasteiger partial charge in [0.1, 0.15) is 25.3 Å². The molecule has 2 aliphatic heterocycles. The summed E-state index contributed by atoms with van der Waals surface area (Å²) < 4.78 is 5.68. The zero-order chi connectivity index (χ0) is 16.3. The molecule has 0 bridgehead atoms. The van der Waals surface area contributed by atoms with Crippen molar-refractivity contribution in [3.63, 3.8) is 0 Å². The first-order chi connectivity index (χ1) is 10.4. The molecule has 7 nitrogen and oxygen atoms in total. The smallest absolute Gasteiger partial charge is 0.288 e. The van der Waals surface area contributed by atoms with E-state index in [9.17, 15) is 14.4 Å². The molecule has 22 heavy (non-hydrogen) atoms. The predicted octanol–water partition coefficient (Wildman–Crippen LogP) is -1.12. The van der Waals surface area contributed by atoms with Crippen molar-refractivity contribution in [1.29, 1.82) is 0 Å². The van der Waals surface area contributed by atoms with Gasteiger partial charge in [0.15, 0.2) is 6.04 Å². The summed E-state index contributed by atoms with van der Waals surface area (Å²) in [4.78, 5) is 37.5. The van der Waals surface area contributed by atoms with E-state index in [1.807, 2.05) is 20.8 Å². The van der Waals surface area contributed by atoms with Crippen LogP contribution in [0.2, 0.25) is 0 Å². The minimum Gasteiger partial charge on any atom is -0.364 e. The molecular weight excluding hydrogens is 306 g/mol. The fourth-order valence-electron chi connectivity index (χ4n) is 2.89. The standard InChI is InChI=1S/C14H23N3O4S/c1-9-6-16(7-10(2)21-9)11(3)13(19)15-4-5-17-12(18)8-22-14(17)20/h9-11H,4-8H2,1-3H3,(H,15,19)/p+1/t9-,10-,11-/m0/s1. The van der Waals surface area contributed by atoms with Crippen LogP contribution >= 0.6 is 11.8 Å². The van der Waals surface area contributed by atoms with Gasteiger partial charge in [-0.2, -0.15) is 0 Å². The molecule has 2 fully saturated rings. The first-order valence-electron chi connectivity index (χ1n) is 7.63. The van der Waals surface area contributed by atoms with E-state index in [1.165, 1.54) is 9.80 Å². The Hall–Kier alpha value is -1.12. The number of quaternary nitrogens is 1. The van der Waals surface area contributed by atoms with Gasteiger partial charge in [0, 0.05) is 13.1 Å². The van der Waals surface area contributed by atoms with Crippen LogP contribution in [0.4, 0.5) is 4.79 Å². The number of ether oxygens (including phenoxy) is 1. The maximum absolute atomic E-state index is 12.2. The minimum atomic E-state index is -0.228. The third-order valence-electron chi connectivity index (χ3n) is 4.04. The van der Waals surface area contributed by atoms with E-state index < -0.39 is 0 Å². The first-order valence-corrected chi connectivity index (χ1v) is 8.62. The summed E-state index contributed by atoms with van der Waals surface area (Å²) in [6.07, 6.45) is 0.289. The summed E-state index contributed by atoms with van der Waals surface area (Å²) >= 11 is 1.01. The monoisotopic (exact) mass is 330 g/mol. The average Bonchev–Trinajstić information content (AvgIpc) is 2.77. The second kappa shape index (κ2) is 7.43. The van der Waals surface area contributed by atoms with Crippen LogP contribution < -0.4 is 10.2 Å². The van der Waals surface area contributed by atoms with Gasteiger partial charge in [-0.3, -0.25) is 19.3 Å². The molecule has 8 heteroatoms. The van der Waals surface area contributed by atoms with E-state index >= 15 is 0 Å². The molecule has 2 rings (SSSR count). The Bertz CT molecular complexity index is 433. The van der Waals surface area contributed by atoms with Crippen molar-refractivity contribution in [3.8, 4) is 0 Å². The molecule has 0 unspecified atom stereocenters. The summed E-state index contributed by atoms with van der Waals surface area (Å²) in [7, 11) is 0. The number of rotatable bonds is 5. The largest absolute Gasteiger partial charge is 0.364 e. The van der Waals surface area contributed by atoms with Crippen LogP contribution in [0.3, 0.4) is 0 Å². The van der Waals surface area contributed by atoms with Crippen LogP contribution in [-0.2, 0) is 14.3 Å². The summed E-state index contributed by atoms with van der Waals surface area (Å²) in [5, 5.41) is 2.59. The first kappa shape index (κ1) is 17.2. The van der Waals surface area contributed by atoms with E-state index in [4.69, 9.17) is 4.74 Å². The Morgan fingerprint density at radius 2 is 2.05 bits per heavy atom. The van der Waals surface area contributed by atoms with Gasteiger partial charge in [-0.1, -0.05) is 11.8 Å². The number of amides is 3. The summed E-state index contributed by atoms with van der Waals surface area (Å²) in [6.45, 7) is 8.09. The minimum absolute atomic E-state index is 0.0527. The lowest BCUT2D eigenvalue weighted by Gasteiger charge is -2.35. The maximum atomic E-state index is 12.2. The van der Waals surface area contributed by atoms with Crippen LogP contribution in [0.15, 0.2) is 0 Å². The van der Waals surface area contributed by atoms with Gasteiger partial charge in [-0.25, -0.2) is 0 Å². The zero-order valence-electron chi connectivity index (χ0n) is 13.3. The van der Waals surface area contributed by atoms with Crippen molar-refractivity contribution in [1.82, 2.24) is 10.2 Å². The van der Waals surface area contributed by atoms with Gasteiger partial charge in [0.2, 0.25) is 5.91 Å². The normalized spacial score (nSPS) is 30.5. The number of thioether (sulfide) groups is 1. The molecule has 2 aliphatic rings. The molecule has 0 radical (unpaired) electrons. The number of carbonyl (C=O) groups is 3. The topological polar surface area (TPSA) is 80.2 Å². The van der Waals surface area contributed by atoms with Gasteiger partial charge in [0.05, 0.1) is 5.75 Å². The van der Waals surface area contributed by atoms with Crippen LogP contribution in [0.25, 0.3) is 0 Å². The van der Waals surface area contributed by atoms with Gasteiger partial charge < -0.3 is 15.0 Å². The molecule has 2 heterocycles. The van der Waals surface area contributed by atoms with Crippen molar-refractivity contribution < 1.29 is 24.0 Å². The molecule has 0 aromatic rings. The highest BCUT2D eigenvalue weighted by Crippen LogP contribution is 2.17. The molecule has 2 N–H and O–H groups in total. The molecule has 2 saturated heterocycles. The average molecular weight is 330 g/mol. The molecule has 3 amide bonds. The number of carbonyl (C=O) groups excluding carboxylic acids is 3. The zero-order valence-corrected chi connectivity index (χ0v) is 14.1. The molecule has 0 aromatic carbocycles. The van der Waals surface area contributed by atoms with Gasteiger partial charge >= 0.3 is 0 Å². The quantitative estimate of drug-likeness (QED) is 0.667. The molecule has 0 aromatic heterocycles. The fraction of sp³-hybridized carbons (Fsp3) is 0.786. The summed E-state index contributed by atoms with van der Waals surface area (Å²) in [5.41, 5.74) is 0. The Morgan fingerprint density at radius 1 is 1.41 bits per heavy atom. The third-order valence-corrected chi connectivity index (χ3v) is 4.90. The molecular formula is C14H24N3O4S+. The molecule has 124 valence electrons. The second-order valence-corrected chi connectivity index (χ2v) is 6.86. The number of nitrogens with zero attached hydrogens (tertiary/aromatic N) is 1. The van der Waals surface area contributed by atoms with Crippen molar-refractivity contribution >= 4 is 28.8 Å². The van der Waals surface area contributed by atoms with E-state index in [0.29, 0.717) is 6.54 Å². The van der Waals surface area contributed by atoms with E-state index in [0.717, 1.165) is 24.9 Å². The van der Waals surface area contributed by atoms with Crippen molar-refractivity contribution in [2.45, 2.75) is 39.0 Å². The lowest BCUT2D eigenvalue weighted by atomic mass is 10.1. The maximum Gasteiger partial charge on any atom is 0.288 e. The van der Waals surface area contributed by atoms with Gasteiger partial charge in [-0.15, -0.1) is 0 Å². The Balaban J connectivity index is 1.76. The molecule has 0 aliphatic carbocycles. The highest BCUT2D eigenvalue weighted by atomic mass is 32.2. The number of imide groups is 1. The molecule has 0 saturated carbocycles. The van der Waals surface area contributed by atoms with Crippen molar-refractivity contribution in [2.75, 3.05) is 31.9 Å². The molecule has 0 spiro atoms. The molecule has 3 atom stereocenters. The van der Waals surface area contributed by atoms with E-state index in [-0.39, 0.29) is 47.6 Å². The Labute approximate surface area is 134 Å². The summed E-state index contributed by atoms with van der Waals surface area (Å²) in [5.74, 6) is -0.0292. The van der Waals surface area contributed by atoms with Gasteiger partial charge in [-0.05, 0) is 20.8 Å². The third kappa shape index (κ3) is 4.21. The lowest BCUT2D eigenvalue weighted by molar-refractivity contribution is -0.928. The van der Waals surface area contributed by atoms with Crippen LogP contribution in [0, 0.1) is 0 Å². The highest BCUT2D eigenvalue weighted by Gasteiger charge is 2.33. The predicted molar refractivity (Wildman–Crippen MR) is 82.7 cm³/mol. The number of hydrogen-bond acceptors (Lipinski definition) is 5. The van der Waals surface area contributed by atoms with Crippen molar-refractivity contribution in [3.05, 3.63) is 0 Å². The van der Waals surface area contributed by atoms with E-state index in [2.05, 4.69) is 5.32 Å². The second-order valence-electron chi connectivity index (χ2n) is 5.94. The van der Waals surface area contributed by atoms with E-state index in [1.54, 1.807) is 0 Å². The van der Waals surface area contributed by atoms with Crippen LogP contribution in [-0.4, -0.2) is 72.1 Å². The number of hydrogen-bond donors (Lipinski definition) is 2. The Kier molecular flexibility index (Phi) is 5.82.